The maximum absolute atomic E-state index is 5.48. The third-order valence-corrected chi connectivity index (χ3v) is 2.25. The lowest BCUT2D eigenvalue weighted by atomic mass is 10.2. The van der Waals surface area contributed by atoms with E-state index < -0.39 is 0 Å². The largest absolute Gasteiger partial charge is 0.479 e. The fourth-order valence-electron chi connectivity index (χ4n) is 1.42. The average molecular weight is 199 g/mol. The first-order valence-corrected chi connectivity index (χ1v) is 5.67. The minimum Gasteiger partial charge on any atom is -0.479 e. The van der Waals surface area contributed by atoms with Gasteiger partial charge in [0.05, 0.1) is 13.2 Å². The van der Waals surface area contributed by atoms with Crippen LogP contribution in [0.4, 0.5) is 0 Å². The first kappa shape index (κ1) is 11.5. The molecule has 0 fully saturated rings. The molecule has 0 aromatic rings. The third-order valence-electron chi connectivity index (χ3n) is 2.25. The van der Waals surface area contributed by atoms with E-state index in [0.29, 0.717) is 0 Å². The van der Waals surface area contributed by atoms with Crippen LogP contribution in [0, 0.1) is 0 Å². The Labute approximate surface area is 86.5 Å². The quantitative estimate of drug-likeness (QED) is 0.562. The fraction of sp³-hybridized carbons (Fsp3) is 0.909. The number of aliphatic imine (C=N–C) groups is 1. The van der Waals surface area contributed by atoms with Gasteiger partial charge in [-0.05, 0) is 6.42 Å². The van der Waals surface area contributed by atoms with Crippen LogP contribution in [-0.2, 0) is 9.47 Å². The Morgan fingerprint density at radius 3 is 2.93 bits per heavy atom. The molecule has 0 unspecified atom stereocenters. The predicted octanol–water partition coefficient (Wildman–Crippen LogP) is 2.40. The summed E-state index contributed by atoms with van der Waals surface area (Å²) in [5, 5.41) is 0. The second kappa shape index (κ2) is 7.80. The van der Waals surface area contributed by atoms with Crippen molar-refractivity contribution >= 4 is 5.90 Å². The molecule has 0 atom stereocenters. The highest BCUT2D eigenvalue weighted by atomic mass is 16.5. The van der Waals surface area contributed by atoms with Gasteiger partial charge >= 0.3 is 0 Å². The van der Waals surface area contributed by atoms with Gasteiger partial charge in [-0.2, -0.15) is 0 Å². The summed E-state index contributed by atoms with van der Waals surface area (Å²) in [7, 11) is 0. The molecule has 0 saturated heterocycles. The van der Waals surface area contributed by atoms with Crippen molar-refractivity contribution in [2.75, 3.05) is 26.4 Å². The summed E-state index contributed by atoms with van der Waals surface area (Å²) >= 11 is 0. The topological polar surface area (TPSA) is 30.8 Å². The molecule has 0 spiro atoms. The summed E-state index contributed by atoms with van der Waals surface area (Å²) in [5.41, 5.74) is 0. The molecule has 82 valence electrons. The third kappa shape index (κ3) is 5.22. The summed E-state index contributed by atoms with van der Waals surface area (Å²) in [6, 6.07) is 0. The van der Waals surface area contributed by atoms with E-state index in [9.17, 15) is 0 Å². The number of ether oxygens (including phenoxy) is 2. The Morgan fingerprint density at radius 1 is 1.29 bits per heavy atom. The molecule has 1 aliphatic rings. The van der Waals surface area contributed by atoms with E-state index in [2.05, 4.69) is 11.9 Å². The Hall–Kier alpha value is -0.570. The lowest BCUT2D eigenvalue weighted by Crippen LogP contribution is -2.05. The molecule has 0 radical (unpaired) electrons. The summed E-state index contributed by atoms with van der Waals surface area (Å²) in [5.74, 6) is 0.874. The molecule has 0 aromatic carbocycles. The molecule has 1 heterocycles. The van der Waals surface area contributed by atoms with Crippen molar-refractivity contribution in [2.45, 2.75) is 39.0 Å². The Kier molecular flexibility index (Phi) is 6.41. The van der Waals surface area contributed by atoms with E-state index in [1.807, 2.05) is 0 Å². The Bertz CT molecular complexity index is 169. The maximum atomic E-state index is 5.48. The molecule has 1 rings (SSSR count). The van der Waals surface area contributed by atoms with E-state index in [0.717, 1.165) is 38.7 Å². The van der Waals surface area contributed by atoms with Crippen LogP contribution >= 0.6 is 0 Å². The maximum Gasteiger partial charge on any atom is 0.185 e. The van der Waals surface area contributed by atoms with Crippen molar-refractivity contribution in [3.8, 4) is 0 Å². The van der Waals surface area contributed by atoms with Crippen LogP contribution in [0.3, 0.4) is 0 Å². The SMILES string of the molecule is CCCCCCOCCC1=NCCO1. The van der Waals surface area contributed by atoms with Crippen molar-refractivity contribution in [1.82, 2.24) is 0 Å². The van der Waals surface area contributed by atoms with Gasteiger partial charge in [-0.25, -0.2) is 0 Å². The minimum absolute atomic E-state index is 0.755. The van der Waals surface area contributed by atoms with Gasteiger partial charge in [-0.1, -0.05) is 26.2 Å². The monoisotopic (exact) mass is 199 g/mol. The van der Waals surface area contributed by atoms with Crippen LogP contribution in [0.2, 0.25) is 0 Å². The number of hydrogen-bond acceptors (Lipinski definition) is 3. The van der Waals surface area contributed by atoms with Crippen LogP contribution < -0.4 is 0 Å². The summed E-state index contributed by atoms with van der Waals surface area (Å²) in [6.07, 6.45) is 5.91. The second-order valence-electron chi connectivity index (χ2n) is 3.55. The van der Waals surface area contributed by atoms with E-state index in [4.69, 9.17) is 9.47 Å². The van der Waals surface area contributed by atoms with Crippen molar-refractivity contribution in [3.63, 3.8) is 0 Å². The van der Waals surface area contributed by atoms with Crippen molar-refractivity contribution < 1.29 is 9.47 Å². The van der Waals surface area contributed by atoms with Crippen LogP contribution in [0.1, 0.15) is 39.0 Å². The highest BCUT2D eigenvalue weighted by Crippen LogP contribution is 2.01. The van der Waals surface area contributed by atoms with Crippen LogP contribution in [0.25, 0.3) is 0 Å². The molecule has 0 N–H and O–H groups in total. The van der Waals surface area contributed by atoms with E-state index in [-0.39, 0.29) is 0 Å². The van der Waals surface area contributed by atoms with Gasteiger partial charge in [0.25, 0.3) is 0 Å². The summed E-state index contributed by atoms with van der Waals surface area (Å²) in [6.45, 7) is 5.44. The highest BCUT2D eigenvalue weighted by molar-refractivity contribution is 5.77. The summed E-state index contributed by atoms with van der Waals surface area (Å²) < 4.78 is 10.7. The Morgan fingerprint density at radius 2 is 2.21 bits per heavy atom. The molecular formula is C11H21NO2. The van der Waals surface area contributed by atoms with Gasteiger partial charge in [0.1, 0.15) is 6.61 Å². The van der Waals surface area contributed by atoms with E-state index >= 15 is 0 Å². The zero-order valence-corrected chi connectivity index (χ0v) is 9.13. The summed E-state index contributed by atoms with van der Waals surface area (Å²) in [4.78, 5) is 4.20. The molecule has 0 amide bonds. The first-order valence-electron chi connectivity index (χ1n) is 5.67. The highest BCUT2D eigenvalue weighted by Gasteiger charge is 2.05. The smallest absolute Gasteiger partial charge is 0.185 e. The van der Waals surface area contributed by atoms with Crippen molar-refractivity contribution in [1.29, 1.82) is 0 Å². The van der Waals surface area contributed by atoms with Crippen molar-refractivity contribution in [3.05, 3.63) is 0 Å². The van der Waals surface area contributed by atoms with Gasteiger partial charge in [0.2, 0.25) is 0 Å². The predicted molar refractivity (Wildman–Crippen MR) is 57.8 cm³/mol. The zero-order chi connectivity index (χ0) is 10.1. The minimum atomic E-state index is 0.755. The van der Waals surface area contributed by atoms with Gasteiger partial charge in [-0.15, -0.1) is 0 Å². The second-order valence-corrected chi connectivity index (χ2v) is 3.55. The lowest BCUT2D eigenvalue weighted by Gasteiger charge is -2.03. The van der Waals surface area contributed by atoms with Crippen LogP contribution in [0.15, 0.2) is 4.99 Å². The molecule has 0 aromatic heterocycles. The Balaban J connectivity index is 1.80. The number of nitrogens with zero attached hydrogens (tertiary/aromatic N) is 1. The standard InChI is InChI=1S/C11H21NO2/c1-2-3-4-5-8-13-9-6-11-12-7-10-14-11/h2-10H2,1H3. The normalized spacial score (nSPS) is 15.4. The van der Waals surface area contributed by atoms with Crippen LogP contribution in [-0.4, -0.2) is 32.3 Å². The first-order chi connectivity index (χ1) is 6.93. The molecule has 3 nitrogen and oxygen atoms in total. The molecule has 0 aliphatic carbocycles. The average Bonchev–Trinajstić information content (AvgIpc) is 2.69. The van der Waals surface area contributed by atoms with E-state index in [1.54, 1.807) is 0 Å². The lowest BCUT2D eigenvalue weighted by molar-refractivity contribution is 0.133. The molecule has 3 heteroatoms. The molecule has 0 bridgehead atoms. The van der Waals surface area contributed by atoms with Crippen molar-refractivity contribution in [2.24, 2.45) is 4.99 Å². The molecule has 14 heavy (non-hydrogen) atoms. The van der Waals surface area contributed by atoms with Gasteiger partial charge < -0.3 is 9.47 Å². The number of hydrogen-bond donors (Lipinski definition) is 0. The van der Waals surface area contributed by atoms with E-state index in [1.165, 1.54) is 25.7 Å². The number of rotatable bonds is 8. The fourth-order valence-corrected chi connectivity index (χ4v) is 1.42. The number of unbranched alkanes of at least 4 members (excludes halogenated alkanes) is 3. The van der Waals surface area contributed by atoms with Gasteiger partial charge in [0.15, 0.2) is 5.90 Å². The molecular weight excluding hydrogens is 178 g/mol. The van der Waals surface area contributed by atoms with Gasteiger partial charge in [-0.3, -0.25) is 4.99 Å². The van der Waals surface area contributed by atoms with Crippen LogP contribution in [0.5, 0.6) is 0 Å². The zero-order valence-electron chi connectivity index (χ0n) is 9.13. The molecule has 1 aliphatic heterocycles. The van der Waals surface area contributed by atoms with Gasteiger partial charge in [0, 0.05) is 13.0 Å². The molecule has 0 saturated carbocycles.